The number of hydrogen-bond donors (Lipinski definition) is 2. The predicted molar refractivity (Wildman–Crippen MR) is 102 cm³/mol. The van der Waals surface area contributed by atoms with Crippen LogP contribution < -0.4 is 10.6 Å². The lowest BCUT2D eigenvalue weighted by atomic mass is 10.2. The quantitative estimate of drug-likeness (QED) is 0.535. The molecule has 8 heteroatoms. The molecule has 1 heterocycles. The average Bonchev–Trinajstić information content (AvgIpc) is 3.00. The van der Waals surface area contributed by atoms with Gasteiger partial charge in [0.2, 0.25) is 0 Å². The number of thiazole rings is 1. The molecular formula is C16H10Cl3N3OS. The maximum absolute atomic E-state index is 12.0. The van der Waals surface area contributed by atoms with Crippen LogP contribution in [0.3, 0.4) is 0 Å². The highest BCUT2D eigenvalue weighted by Crippen LogP contribution is 2.32. The Morgan fingerprint density at radius 1 is 0.958 bits per heavy atom. The molecule has 3 aromatic rings. The molecule has 1 aromatic heterocycles. The van der Waals surface area contributed by atoms with Crippen molar-refractivity contribution in [3.63, 3.8) is 0 Å². The number of carbonyl (C=O) groups is 1. The lowest BCUT2D eigenvalue weighted by Gasteiger charge is -2.05. The number of nitrogens with zero attached hydrogens (tertiary/aromatic N) is 1. The Morgan fingerprint density at radius 2 is 1.67 bits per heavy atom. The van der Waals surface area contributed by atoms with E-state index in [1.165, 1.54) is 11.3 Å². The van der Waals surface area contributed by atoms with E-state index < -0.39 is 6.03 Å². The van der Waals surface area contributed by atoms with Crippen LogP contribution >= 0.6 is 46.1 Å². The maximum Gasteiger partial charge on any atom is 0.325 e. The van der Waals surface area contributed by atoms with Gasteiger partial charge in [0.15, 0.2) is 5.13 Å². The molecule has 122 valence electrons. The zero-order valence-corrected chi connectivity index (χ0v) is 15.1. The van der Waals surface area contributed by atoms with Crippen molar-refractivity contribution in [2.24, 2.45) is 0 Å². The van der Waals surface area contributed by atoms with Crippen LogP contribution in [0.2, 0.25) is 15.1 Å². The molecule has 0 fully saturated rings. The summed E-state index contributed by atoms with van der Waals surface area (Å²) in [6, 6.07) is 11.6. The van der Waals surface area contributed by atoms with Gasteiger partial charge in [0, 0.05) is 26.7 Å². The van der Waals surface area contributed by atoms with Crippen molar-refractivity contribution in [2.45, 2.75) is 0 Å². The minimum Gasteiger partial charge on any atom is -0.308 e. The highest BCUT2D eigenvalue weighted by molar-refractivity contribution is 7.14. The summed E-state index contributed by atoms with van der Waals surface area (Å²) >= 11 is 19.2. The minimum atomic E-state index is -0.393. The number of rotatable bonds is 3. The van der Waals surface area contributed by atoms with Crippen LogP contribution in [0.1, 0.15) is 0 Å². The van der Waals surface area contributed by atoms with Gasteiger partial charge in [0.1, 0.15) is 0 Å². The van der Waals surface area contributed by atoms with Crippen LogP contribution in [-0.2, 0) is 0 Å². The Labute approximate surface area is 157 Å². The van der Waals surface area contributed by atoms with Crippen molar-refractivity contribution in [3.05, 3.63) is 62.9 Å². The first-order valence-electron chi connectivity index (χ1n) is 6.76. The zero-order valence-electron chi connectivity index (χ0n) is 12.0. The summed E-state index contributed by atoms with van der Waals surface area (Å²) in [4.78, 5) is 16.4. The molecule has 0 unspecified atom stereocenters. The lowest BCUT2D eigenvalue weighted by Crippen LogP contribution is -2.19. The van der Waals surface area contributed by atoms with Gasteiger partial charge in [0.25, 0.3) is 0 Å². The van der Waals surface area contributed by atoms with Crippen LogP contribution in [0.4, 0.5) is 15.6 Å². The summed E-state index contributed by atoms with van der Waals surface area (Å²) in [6.45, 7) is 0. The van der Waals surface area contributed by atoms with E-state index in [0.717, 1.165) is 0 Å². The third-order valence-corrected chi connectivity index (χ3v) is 4.61. The van der Waals surface area contributed by atoms with Crippen molar-refractivity contribution < 1.29 is 4.79 Å². The molecule has 2 aromatic carbocycles. The van der Waals surface area contributed by atoms with E-state index in [0.29, 0.717) is 37.1 Å². The first-order valence-corrected chi connectivity index (χ1v) is 8.77. The number of nitrogens with one attached hydrogen (secondary N) is 2. The van der Waals surface area contributed by atoms with Crippen LogP contribution in [0.5, 0.6) is 0 Å². The fraction of sp³-hybridized carbons (Fsp3) is 0. The molecule has 0 bridgehead atoms. The second-order valence-electron chi connectivity index (χ2n) is 4.75. The van der Waals surface area contributed by atoms with Gasteiger partial charge in [-0.05, 0) is 42.5 Å². The summed E-state index contributed by atoms with van der Waals surface area (Å²) in [6.07, 6.45) is 0. The minimum absolute atomic E-state index is 0.393. The molecule has 0 radical (unpaired) electrons. The van der Waals surface area contributed by atoms with Gasteiger partial charge >= 0.3 is 6.03 Å². The Kier molecular flexibility index (Phi) is 5.26. The molecule has 0 atom stereocenters. The normalized spacial score (nSPS) is 10.5. The van der Waals surface area contributed by atoms with Crippen molar-refractivity contribution in [2.75, 3.05) is 10.6 Å². The second-order valence-corrected chi connectivity index (χ2v) is 6.89. The molecule has 0 aliphatic carbocycles. The number of carbonyl (C=O) groups excluding carboxylic acids is 1. The van der Waals surface area contributed by atoms with Gasteiger partial charge < -0.3 is 5.32 Å². The molecule has 3 rings (SSSR count). The Morgan fingerprint density at radius 3 is 2.42 bits per heavy atom. The highest BCUT2D eigenvalue weighted by Gasteiger charge is 2.11. The van der Waals surface area contributed by atoms with Gasteiger partial charge in [-0.2, -0.15) is 0 Å². The standard InChI is InChI=1S/C16H10Cl3N3OS/c17-9-1-4-11(5-2-9)20-15(23)22-16-21-14(8-24-16)12-7-10(18)3-6-13(12)19/h1-8H,(H2,20,21,22,23). The summed E-state index contributed by atoms with van der Waals surface area (Å²) < 4.78 is 0. The number of amides is 2. The third-order valence-electron chi connectivity index (χ3n) is 3.03. The van der Waals surface area contributed by atoms with Crippen molar-refractivity contribution >= 4 is 63.0 Å². The van der Waals surface area contributed by atoms with Gasteiger partial charge in [0.05, 0.1) is 10.7 Å². The average molecular weight is 399 g/mol. The highest BCUT2D eigenvalue weighted by atomic mass is 35.5. The van der Waals surface area contributed by atoms with E-state index in [2.05, 4.69) is 15.6 Å². The Bertz CT molecular complexity index is 881. The molecule has 0 saturated carbocycles. The van der Waals surface area contributed by atoms with Gasteiger partial charge in [-0.15, -0.1) is 11.3 Å². The summed E-state index contributed by atoms with van der Waals surface area (Å²) in [5, 5.41) is 9.34. The maximum atomic E-state index is 12.0. The molecule has 0 aliphatic rings. The molecule has 24 heavy (non-hydrogen) atoms. The number of aromatic nitrogens is 1. The SMILES string of the molecule is O=C(Nc1ccc(Cl)cc1)Nc1nc(-c2cc(Cl)ccc2Cl)cs1. The first-order chi connectivity index (χ1) is 11.5. The molecule has 4 nitrogen and oxygen atoms in total. The fourth-order valence-corrected chi connectivity index (χ4v) is 3.16. The van der Waals surface area contributed by atoms with E-state index in [1.807, 2.05) is 0 Å². The van der Waals surface area contributed by atoms with Crippen LogP contribution in [0.25, 0.3) is 11.3 Å². The predicted octanol–water partition coefficient (Wildman–Crippen LogP) is 6.41. The van der Waals surface area contributed by atoms with E-state index >= 15 is 0 Å². The largest absolute Gasteiger partial charge is 0.325 e. The lowest BCUT2D eigenvalue weighted by molar-refractivity contribution is 0.262. The van der Waals surface area contributed by atoms with E-state index in [4.69, 9.17) is 34.8 Å². The molecule has 0 spiro atoms. The Hall–Kier alpha value is -1.79. The topological polar surface area (TPSA) is 54.0 Å². The van der Waals surface area contributed by atoms with Crippen molar-refractivity contribution in [1.29, 1.82) is 0 Å². The number of benzene rings is 2. The number of urea groups is 1. The van der Waals surface area contributed by atoms with E-state index in [-0.39, 0.29) is 0 Å². The third kappa shape index (κ3) is 4.19. The molecule has 0 aliphatic heterocycles. The molecule has 0 saturated heterocycles. The summed E-state index contributed by atoms with van der Waals surface area (Å²) in [5.74, 6) is 0. The van der Waals surface area contributed by atoms with Crippen LogP contribution in [-0.4, -0.2) is 11.0 Å². The zero-order chi connectivity index (χ0) is 17.1. The molecule has 2 N–H and O–H groups in total. The van der Waals surface area contributed by atoms with Gasteiger partial charge in [-0.3, -0.25) is 5.32 Å². The molecule has 2 amide bonds. The number of hydrogen-bond acceptors (Lipinski definition) is 3. The monoisotopic (exact) mass is 397 g/mol. The van der Waals surface area contributed by atoms with E-state index in [1.54, 1.807) is 47.8 Å². The van der Waals surface area contributed by atoms with Crippen LogP contribution in [0.15, 0.2) is 47.8 Å². The Balaban J connectivity index is 1.70. The fourth-order valence-electron chi connectivity index (χ4n) is 1.94. The van der Waals surface area contributed by atoms with E-state index in [9.17, 15) is 4.79 Å². The second kappa shape index (κ2) is 7.40. The smallest absolute Gasteiger partial charge is 0.308 e. The van der Waals surface area contributed by atoms with Gasteiger partial charge in [-0.1, -0.05) is 34.8 Å². The van der Waals surface area contributed by atoms with Crippen LogP contribution in [0, 0.1) is 0 Å². The number of halogens is 3. The molecular weight excluding hydrogens is 389 g/mol. The number of anilines is 2. The van der Waals surface area contributed by atoms with Gasteiger partial charge in [-0.25, -0.2) is 9.78 Å². The summed E-state index contributed by atoms with van der Waals surface area (Å²) in [7, 11) is 0. The van der Waals surface area contributed by atoms with Crippen molar-refractivity contribution in [3.8, 4) is 11.3 Å². The summed E-state index contributed by atoms with van der Waals surface area (Å²) in [5.41, 5.74) is 1.99. The van der Waals surface area contributed by atoms with Crippen molar-refractivity contribution in [1.82, 2.24) is 4.98 Å². The first kappa shape index (κ1) is 17.0.